The molecule has 2 atom stereocenters. The van der Waals surface area contributed by atoms with Crippen molar-refractivity contribution in [2.24, 2.45) is 5.92 Å². The third-order valence-corrected chi connectivity index (χ3v) is 4.53. The summed E-state index contributed by atoms with van der Waals surface area (Å²) in [4.78, 5) is 11.2. The molecule has 0 spiro atoms. The van der Waals surface area contributed by atoms with E-state index >= 15 is 0 Å². The molecular weight excluding hydrogens is 268 g/mol. The number of H-pyrrole nitrogens is 1. The third kappa shape index (κ3) is 2.12. The molecule has 112 valence electrons. The topological polar surface area (TPSA) is 82.9 Å². The number of hydrogen-bond acceptors (Lipinski definition) is 6. The van der Waals surface area contributed by atoms with Gasteiger partial charge in [-0.2, -0.15) is 4.98 Å². The molecule has 21 heavy (non-hydrogen) atoms. The lowest BCUT2D eigenvalue weighted by Gasteiger charge is -2.36. The largest absolute Gasteiger partial charge is 0.437 e. The van der Waals surface area contributed by atoms with E-state index in [4.69, 9.17) is 4.42 Å². The van der Waals surface area contributed by atoms with Crippen LogP contribution < -0.4 is 10.2 Å². The van der Waals surface area contributed by atoms with Gasteiger partial charge in [-0.15, -0.1) is 5.10 Å². The van der Waals surface area contributed by atoms with Crippen molar-refractivity contribution in [3.8, 4) is 11.6 Å². The monoisotopic (exact) mass is 288 g/mol. The van der Waals surface area contributed by atoms with Crippen LogP contribution in [0.1, 0.15) is 24.4 Å². The van der Waals surface area contributed by atoms with E-state index in [1.54, 1.807) is 0 Å². The zero-order valence-electron chi connectivity index (χ0n) is 12.4. The van der Waals surface area contributed by atoms with Crippen molar-refractivity contribution in [1.82, 2.24) is 25.5 Å². The summed E-state index contributed by atoms with van der Waals surface area (Å²) in [5.41, 5.74) is 0.842. The first-order valence-corrected chi connectivity index (χ1v) is 7.56. The van der Waals surface area contributed by atoms with Gasteiger partial charge < -0.3 is 14.6 Å². The van der Waals surface area contributed by atoms with Crippen molar-refractivity contribution in [2.45, 2.75) is 32.7 Å². The molecule has 2 aliphatic heterocycles. The van der Waals surface area contributed by atoms with Crippen molar-refractivity contribution in [3.63, 3.8) is 0 Å². The number of nitrogens with one attached hydrogen (secondary N) is 2. The van der Waals surface area contributed by atoms with Gasteiger partial charge in [-0.05, 0) is 25.7 Å². The SMILES string of the molecule is Cc1nc(C)c(-c2nc(N3CCCC4CNCC43)n[nH]2)o1. The van der Waals surface area contributed by atoms with Gasteiger partial charge in [0.05, 0.1) is 5.69 Å². The quantitative estimate of drug-likeness (QED) is 0.866. The number of aromatic nitrogens is 4. The number of rotatable bonds is 2. The Morgan fingerprint density at radius 2 is 2.14 bits per heavy atom. The second-order valence-electron chi connectivity index (χ2n) is 5.95. The van der Waals surface area contributed by atoms with Crippen LogP contribution in [-0.2, 0) is 0 Å². The van der Waals surface area contributed by atoms with Crippen molar-refractivity contribution < 1.29 is 4.42 Å². The molecule has 7 nitrogen and oxygen atoms in total. The molecule has 0 bridgehead atoms. The van der Waals surface area contributed by atoms with Gasteiger partial charge in [0.25, 0.3) is 0 Å². The van der Waals surface area contributed by atoms with Crippen LogP contribution in [0.2, 0.25) is 0 Å². The molecule has 4 rings (SSSR count). The number of nitrogens with zero attached hydrogens (tertiary/aromatic N) is 4. The van der Waals surface area contributed by atoms with Gasteiger partial charge in [-0.25, -0.2) is 4.98 Å². The molecule has 0 saturated carbocycles. The predicted molar refractivity (Wildman–Crippen MR) is 78.1 cm³/mol. The van der Waals surface area contributed by atoms with Crippen LogP contribution in [-0.4, -0.2) is 45.8 Å². The Kier molecular flexibility index (Phi) is 2.95. The number of anilines is 1. The number of piperidine rings is 1. The first-order chi connectivity index (χ1) is 10.2. The average molecular weight is 288 g/mol. The zero-order chi connectivity index (χ0) is 14.4. The van der Waals surface area contributed by atoms with Crippen LogP contribution in [0.15, 0.2) is 4.42 Å². The molecule has 2 saturated heterocycles. The molecule has 2 N–H and O–H groups in total. The number of aryl methyl sites for hydroxylation is 2. The highest BCUT2D eigenvalue weighted by Gasteiger charge is 2.36. The fraction of sp³-hybridized carbons (Fsp3) is 0.643. The van der Waals surface area contributed by atoms with Gasteiger partial charge in [0.1, 0.15) is 0 Å². The Bertz CT molecular complexity index is 648. The molecule has 0 radical (unpaired) electrons. The number of fused-ring (bicyclic) bond motifs is 1. The fourth-order valence-corrected chi connectivity index (χ4v) is 3.55. The number of hydrogen-bond donors (Lipinski definition) is 2. The van der Waals surface area contributed by atoms with Crippen LogP contribution in [0.3, 0.4) is 0 Å². The van der Waals surface area contributed by atoms with Gasteiger partial charge in [0.15, 0.2) is 17.5 Å². The van der Waals surface area contributed by atoms with E-state index in [2.05, 4.69) is 30.4 Å². The molecule has 2 aromatic rings. The van der Waals surface area contributed by atoms with E-state index in [9.17, 15) is 0 Å². The van der Waals surface area contributed by atoms with Gasteiger partial charge in [-0.3, -0.25) is 5.10 Å². The molecule has 2 fully saturated rings. The first kappa shape index (κ1) is 12.8. The highest BCUT2D eigenvalue weighted by molar-refractivity contribution is 5.52. The van der Waals surface area contributed by atoms with Crippen molar-refractivity contribution in [3.05, 3.63) is 11.6 Å². The van der Waals surface area contributed by atoms with Gasteiger partial charge in [-0.1, -0.05) is 0 Å². The number of oxazole rings is 1. The van der Waals surface area contributed by atoms with E-state index in [0.29, 0.717) is 23.5 Å². The van der Waals surface area contributed by atoms with Gasteiger partial charge in [0.2, 0.25) is 5.95 Å². The molecule has 2 aliphatic rings. The van der Waals surface area contributed by atoms with E-state index < -0.39 is 0 Å². The van der Waals surface area contributed by atoms with E-state index in [1.165, 1.54) is 12.8 Å². The summed E-state index contributed by atoms with van der Waals surface area (Å²) in [6.45, 7) is 6.92. The lowest BCUT2D eigenvalue weighted by Crippen LogP contribution is -2.45. The van der Waals surface area contributed by atoms with Crippen molar-refractivity contribution >= 4 is 5.95 Å². The molecule has 0 amide bonds. The van der Waals surface area contributed by atoms with E-state index in [1.807, 2.05) is 13.8 Å². The molecule has 0 aromatic carbocycles. The molecular formula is C14H20N6O. The summed E-state index contributed by atoms with van der Waals surface area (Å²) >= 11 is 0. The van der Waals surface area contributed by atoms with Crippen LogP contribution >= 0.6 is 0 Å². The lowest BCUT2D eigenvalue weighted by atomic mass is 9.92. The Morgan fingerprint density at radius 3 is 2.95 bits per heavy atom. The molecule has 2 aromatic heterocycles. The summed E-state index contributed by atoms with van der Waals surface area (Å²) in [5, 5.41) is 10.9. The zero-order valence-corrected chi connectivity index (χ0v) is 12.4. The molecule has 7 heteroatoms. The summed E-state index contributed by atoms with van der Waals surface area (Å²) in [7, 11) is 0. The van der Waals surface area contributed by atoms with E-state index in [-0.39, 0.29) is 0 Å². The minimum atomic E-state index is 0.514. The highest BCUT2D eigenvalue weighted by Crippen LogP contribution is 2.30. The summed E-state index contributed by atoms with van der Waals surface area (Å²) in [6, 6.07) is 0.514. The predicted octanol–water partition coefficient (Wildman–Crippen LogP) is 1.26. The maximum absolute atomic E-state index is 5.61. The Hall–Kier alpha value is -1.89. The maximum atomic E-state index is 5.61. The van der Waals surface area contributed by atoms with Crippen LogP contribution in [0, 0.1) is 19.8 Å². The lowest BCUT2D eigenvalue weighted by molar-refractivity contribution is 0.381. The highest BCUT2D eigenvalue weighted by atomic mass is 16.4. The average Bonchev–Trinajstić information content (AvgIpc) is 3.17. The summed E-state index contributed by atoms with van der Waals surface area (Å²) in [5.74, 6) is 3.49. The number of aromatic amines is 1. The van der Waals surface area contributed by atoms with Crippen molar-refractivity contribution in [2.75, 3.05) is 24.5 Å². The van der Waals surface area contributed by atoms with Gasteiger partial charge in [0, 0.05) is 32.6 Å². The minimum Gasteiger partial charge on any atom is -0.437 e. The molecule has 4 heterocycles. The van der Waals surface area contributed by atoms with Crippen molar-refractivity contribution in [1.29, 1.82) is 0 Å². The van der Waals surface area contributed by atoms with E-state index in [0.717, 1.165) is 37.2 Å². The van der Waals surface area contributed by atoms with Crippen LogP contribution in [0.25, 0.3) is 11.6 Å². The summed E-state index contributed by atoms with van der Waals surface area (Å²) < 4.78 is 5.61. The normalized spacial score (nSPS) is 25.3. The molecule has 0 aliphatic carbocycles. The summed E-state index contributed by atoms with van der Waals surface area (Å²) in [6.07, 6.45) is 2.50. The third-order valence-electron chi connectivity index (χ3n) is 4.53. The standard InChI is InChI=1S/C14H20N6O/c1-8-12(21-9(2)16-8)13-17-14(19-18-13)20-5-3-4-10-6-15-7-11(10)20/h10-11,15H,3-7H2,1-2H3,(H,17,18,19). The Labute approximate surface area is 123 Å². The second kappa shape index (κ2) is 4.84. The minimum absolute atomic E-state index is 0.514. The first-order valence-electron chi connectivity index (χ1n) is 7.56. The smallest absolute Gasteiger partial charge is 0.245 e. The molecule has 2 unspecified atom stereocenters. The van der Waals surface area contributed by atoms with Crippen LogP contribution in [0.4, 0.5) is 5.95 Å². The second-order valence-corrected chi connectivity index (χ2v) is 5.95. The Morgan fingerprint density at radius 1 is 1.24 bits per heavy atom. The maximum Gasteiger partial charge on any atom is 0.245 e. The van der Waals surface area contributed by atoms with Gasteiger partial charge >= 0.3 is 0 Å². The van der Waals surface area contributed by atoms with Crippen LogP contribution in [0.5, 0.6) is 0 Å². The Balaban J connectivity index is 1.63. The fourth-order valence-electron chi connectivity index (χ4n) is 3.55.